The smallest absolute Gasteiger partial charge is 0.317 e. The van der Waals surface area contributed by atoms with Crippen molar-refractivity contribution in [2.45, 2.75) is 18.3 Å². The summed E-state index contributed by atoms with van der Waals surface area (Å²) in [6.45, 7) is 2.23. The molecule has 1 aliphatic heterocycles. The van der Waals surface area contributed by atoms with Crippen LogP contribution in [0, 0.1) is 5.82 Å². The number of benzene rings is 2. The summed E-state index contributed by atoms with van der Waals surface area (Å²) in [6.07, 6.45) is 2.08. The lowest BCUT2D eigenvalue weighted by atomic mass is 9.96. The highest BCUT2D eigenvalue weighted by Gasteiger charge is 2.44. The van der Waals surface area contributed by atoms with Gasteiger partial charge in [-0.2, -0.15) is 0 Å². The van der Waals surface area contributed by atoms with Crippen molar-refractivity contribution in [3.05, 3.63) is 70.5 Å². The highest BCUT2D eigenvalue weighted by Crippen LogP contribution is 2.47. The number of nitrogens with zero attached hydrogens (tertiary/aromatic N) is 2. The Morgan fingerprint density at radius 2 is 1.59 bits per heavy atom. The number of nitrogens with one attached hydrogen (secondary N) is 1. The zero-order chi connectivity index (χ0) is 20.4. The molecule has 2 aromatic carbocycles. The van der Waals surface area contributed by atoms with E-state index >= 15 is 0 Å². The maximum absolute atomic E-state index is 13.9. The largest absolute Gasteiger partial charge is 0.337 e. The van der Waals surface area contributed by atoms with Crippen LogP contribution >= 0.6 is 11.6 Å². The third-order valence-corrected chi connectivity index (χ3v) is 6.10. The molecule has 1 heterocycles. The molecule has 152 valence electrons. The molecule has 1 saturated carbocycles. The Kier molecular flexibility index (Phi) is 5.46. The van der Waals surface area contributed by atoms with E-state index in [0.717, 1.165) is 12.8 Å². The van der Waals surface area contributed by atoms with E-state index in [1.807, 2.05) is 24.3 Å². The van der Waals surface area contributed by atoms with Crippen molar-refractivity contribution in [1.29, 1.82) is 0 Å². The minimum Gasteiger partial charge on any atom is -0.337 e. The Labute approximate surface area is 174 Å². The van der Waals surface area contributed by atoms with Crippen molar-refractivity contribution in [1.82, 2.24) is 15.1 Å². The van der Waals surface area contributed by atoms with Crippen molar-refractivity contribution in [3.8, 4) is 0 Å². The van der Waals surface area contributed by atoms with E-state index in [9.17, 15) is 14.0 Å². The van der Waals surface area contributed by atoms with Crippen LogP contribution in [0.5, 0.6) is 0 Å². The van der Waals surface area contributed by atoms with E-state index in [2.05, 4.69) is 5.32 Å². The number of hydrogen-bond donors (Lipinski definition) is 1. The number of urea groups is 1. The highest BCUT2D eigenvalue weighted by atomic mass is 35.5. The molecule has 1 aliphatic carbocycles. The maximum Gasteiger partial charge on any atom is 0.317 e. The predicted molar refractivity (Wildman–Crippen MR) is 110 cm³/mol. The molecule has 0 spiro atoms. The van der Waals surface area contributed by atoms with E-state index in [0.29, 0.717) is 37.7 Å². The number of carbonyl (C=O) groups excluding carboxylic acids is 2. The molecule has 29 heavy (non-hydrogen) atoms. The van der Waals surface area contributed by atoms with Gasteiger partial charge in [0.15, 0.2) is 0 Å². The van der Waals surface area contributed by atoms with E-state index < -0.39 is 5.82 Å². The number of rotatable bonds is 4. The number of halogens is 2. The zero-order valence-corrected chi connectivity index (χ0v) is 16.8. The topological polar surface area (TPSA) is 52.7 Å². The maximum atomic E-state index is 13.9. The van der Waals surface area contributed by atoms with E-state index in [-0.39, 0.29) is 22.9 Å². The molecule has 0 unspecified atom stereocenters. The molecule has 1 saturated heterocycles. The lowest BCUT2D eigenvalue weighted by molar-refractivity contribution is 0.0660. The van der Waals surface area contributed by atoms with Crippen molar-refractivity contribution in [2.24, 2.45) is 0 Å². The second-order valence-electron chi connectivity index (χ2n) is 7.71. The summed E-state index contributed by atoms with van der Waals surface area (Å²) in [4.78, 5) is 28.4. The van der Waals surface area contributed by atoms with Crippen LogP contribution in [0.4, 0.5) is 9.18 Å². The van der Waals surface area contributed by atoms with Crippen LogP contribution in [0.25, 0.3) is 0 Å². The fourth-order valence-electron chi connectivity index (χ4n) is 3.80. The van der Waals surface area contributed by atoms with Gasteiger partial charge in [0, 0.05) is 43.2 Å². The van der Waals surface area contributed by atoms with Gasteiger partial charge in [0.25, 0.3) is 5.91 Å². The number of carbonyl (C=O) groups is 2. The van der Waals surface area contributed by atoms with Crippen LogP contribution in [-0.2, 0) is 5.41 Å². The third kappa shape index (κ3) is 4.22. The first kappa shape index (κ1) is 19.7. The fraction of sp³-hybridized carbons (Fsp3) is 0.364. The number of piperazine rings is 1. The first-order valence-electron chi connectivity index (χ1n) is 9.81. The molecule has 2 aromatic rings. The first-order chi connectivity index (χ1) is 14.0. The molecule has 0 bridgehead atoms. The summed E-state index contributed by atoms with van der Waals surface area (Å²) in [5.74, 6) is -0.850. The van der Waals surface area contributed by atoms with Crippen molar-refractivity contribution >= 4 is 23.5 Å². The van der Waals surface area contributed by atoms with Crippen LogP contribution in [0.1, 0.15) is 28.8 Å². The van der Waals surface area contributed by atoms with E-state index in [1.165, 1.54) is 17.7 Å². The Morgan fingerprint density at radius 1 is 0.966 bits per heavy atom. The summed E-state index contributed by atoms with van der Waals surface area (Å²) in [5, 5.41) is 3.75. The van der Waals surface area contributed by atoms with Gasteiger partial charge in [-0.25, -0.2) is 9.18 Å². The Hall–Kier alpha value is -2.60. The van der Waals surface area contributed by atoms with Crippen LogP contribution in [-0.4, -0.2) is 54.5 Å². The quantitative estimate of drug-likeness (QED) is 0.828. The standard InChI is InChI=1S/C22H23ClFN3O2/c23-17-7-5-16(6-8-17)22(9-10-22)15-25-21(29)27-13-11-26(12-14-27)20(28)18-3-1-2-4-19(18)24/h1-8H,9-15H2,(H,25,29). The van der Waals surface area contributed by atoms with Gasteiger partial charge in [-0.15, -0.1) is 0 Å². The van der Waals surface area contributed by atoms with Crippen LogP contribution < -0.4 is 5.32 Å². The average Bonchev–Trinajstić information content (AvgIpc) is 3.54. The molecule has 2 aliphatic rings. The molecule has 7 heteroatoms. The minimum atomic E-state index is -0.519. The minimum absolute atomic E-state index is 0.00285. The lowest BCUT2D eigenvalue weighted by Crippen LogP contribution is -2.54. The zero-order valence-electron chi connectivity index (χ0n) is 16.0. The van der Waals surface area contributed by atoms with E-state index in [4.69, 9.17) is 11.6 Å². The molecule has 0 atom stereocenters. The molecule has 2 fully saturated rings. The van der Waals surface area contributed by atoms with Crippen LogP contribution in [0.3, 0.4) is 0 Å². The fourth-order valence-corrected chi connectivity index (χ4v) is 3.92. The van der Waals surface area contributed by atoms with Gasteiger partial charge in [-0.05, 0) is 42.7 Å². The molecular weight excluding hydrogens is 393 g/mol. The average molecular weight is 416 g/mol. The molecule has 5 nitrogen and oxygen atoms in total. The molecule has 0 radical (unpaired) electrons. The van der Waals surface area contributed by atoms with Gasteiger partial charge < -0.3 is 15.1 Å². The molecule has 4 rings (SSSR count). The van der Waals surface area contributed by atoms with Gasteiger partial charge in [0.2, 0.25) is 0 Å². The predicted octanol–water partition coefficient (Wildman–Crippen LogP) is 3.68. The summed E-state index contributed by atoms with van der Waals surface area (Å²) < 4.78 is 13.9. The summed E-state index contributed by atoms with van der Waals surface area (Å²) in [7, 11) is 0. The second kappa shape index (κ2) is 8.03. The highest BCUT2D eigenvalue weighted by molar-refractivity contribution is 6.30. The summed E-state index contributed by atoms with van der Waals surface area (Å²) >= 11 is 5.97. The van der Waals surface area contributed by atoms with Gasteiger partial charge in [-0.1, -0.05) is 35.9 Å². The third-order valence-electron chi connectivity index (χ3n) is 5.85. The monoisotopic (exact) mass is 415 g/mol. The molecule has 0 aromatic heterocycles. The number of amides is 3. The van der Waals surface area contributed by atoms with Crippen molar-refractivity contribution < 1.29 is 14.0 Å². The summed E-state index contributed by atoms with van der Waals surface area (Å²) in [6, 6.07) is 13.7. The van der Waals surface area contributed by atoms with Crippen molar-refractivity contribution in [3.63, 3.8) is 0 Å². The molecule has 1 N–H and O–H groups in total. The number of hydrogen-bond acceptors (Lipinski definition) is 2. The van der Waals surface area contributed by atoms with Crippen molar-refractivity contribution in [2.75, 3.05) is 32.7 Å². The lowest BCUT2D eigenvalue weighted by Gasteiger charge is -2.35. The Morgan fingerprint density at radius 3 is 2.21 bits per heavy atom. The van der Waals surface area contributed by atoms with Crippen LogP contribution in [0.2, 0.25) is 5.02 Å². The Bertz CT molecular complexity index is 907. The van der Waals surface area contributed by atoms with E-state index in [1.54, 1.807) is 21.9 Å². The molecular formula is C22H23ClFN3O2. The van der Waals surface area contributed by atoms with Gasteiger partial charge >= 0.3 is 6.03 Å². The van der Waals surface area contributed by atoms with Gasteiger partial charge in [-0.3, -0.25) is 4.79 Å². The first-order valence-corrected chi connectivity index (χ1v) is 10.2. The Balaban J connectivity index is 1.29. The molecule has 3 amide bonds. The summed E-state index contributed by atoms with van der Waals surface area (Å²) in [5.41, 5.74) is 1.27. The SMILES string of the molecule is O=C(NCC1(c2ccc(Cl)cc2)CC1)N1CCN(C(=O)c2ccccc2F)CC1. The van der Waals surface area contributed by atoms with Crippen LogP contribution in [0.15, 0.2) is 48.5 Å². The second-order valence-corrected chi connectivity index (χ2v) is 8.14. The van der Waals surface area contributed by atoms with Gasteiger partial charge in [0.05, 0.1) is 5.56 Å². The normalized spacial score (nSPS) is 17.7. The van der Waals surface area contributed by atoms with Gasteiger partial charge in [0.1, 0.15) is 5.82 Å².